The number of nitrogens with one attached hydrogen (secondary N) is 1. The van der Waals surface area contributed by atoms with Crippen molar-refractivity contribution in [3.05, 3.63) is 28.8 Å². The maximum Gasteiger partial charge on any atom is 0.451 e. The lowest BCUT2D eigenvalue weighted by Gasteiger charge is -2.11. The molecule has 0 unspecified atom stereocenters. The van der Waals surface area contributed by atoms with Crippen LogP contribution in [0.4, 0.5) is 19.0 Å². The lowest BCUT2D eigenvalue weighted by molar-refractivity contribution is -0.144. The van der Waals surface area contributed by atoms with Crippen LogP contribution in [-0.4, -0.2) is 26.3 Å². The van der Waals surface area contributed by atoms with E-state index in [1.165, 1.54) is 23.1 Å². The van der Waals surface area contributed by atoms with Crippen molar-refractivity contribution in [1.29, 1.82) is 0 Å². The summed E-state index contributed by atoms with van der Waals surface area (Å²) in [6.45, 7) is 2.43. The van der Waals surface area contributed by atoms with Gasteiger partial charge in [0, 0.05) is 18.8 Å². The highest BCUT2D eigenvalue weighted by molar-refractivity contribution is 9.10. The van der Waals surface area contributed by atoms with Gasteiger partial charge in [-0.25, -0.2) is 14.6 Å². The third-order valence-electron chi connectivity index (χ3n) is 2.31. The minimum absolute atomic E-state index is 0.0524. The van der Waals surface area contributed by atoms with Crippen LogP contribution in [-0.2, 0) is 6.18 Å². The van der Waals surface area contributed by atoms with Crippen molar-refractivity contribution in [2.24, 2.45) is 0 Å². The average Bonchev–Trinajstić information content (AvgIpc) is 2.82. The second-order valence-electron chi connectivity index (χ2n) is 3.96. The number of halogens is 4. The molecule has 1 N–H and O–H groups in total. The molecule has 5 nitrogen and oxygen atoms in total. The van der Waals surface area contributed by atoms with Crippen LogP contribution >= 0.6 is 15.9 Å². The first-order valence-corrected chi connectivity index (χ1v) is 6.60. The Balaban J connectivity index is 2.45. The van der Waals surface area contributed by atoms with Crippen molar-refractivity contribution in [2.45, 2.75) is 19.5 Å². The fourth-order valence-corrected chi connectivity index (χ4v) is 1.73. The van der Waals surface area contributed by atoms with Crippen LogP contribution in [0.25, 0.3) is 5.82 Å². The maximum absolute atomic E-state index is 12.8. The summed E-state index contributed by atoms with van der Waals surface area (Å²) in [4.78, 5) is 6.97. The molecule has 9 heteroatoms. The molecular weight excluding hydrogens is 339 g/mol. The number of nitrogens with zero attached hydrogens (tertiary/aromatic N) is 4. The number of hydrogen-bond donors (Lipinski definition) is 1. The van der Waals surface area contributed by atoms with Crippen LogP contribution in [0.2, 0.25) is 0 Å². The molecule has 0 spiro atoms. The summed E-state index contributed by atoms with van der Waals surface area (Å²) >= 11 is 3.18. The van der Waals surface area contributed by atoms with Crippen molar-refractivity contribution < 1.29 is 13.2 Å². The average molecular weight is 350 g/mol. The first-order chi connectivity index (χ1) is 9.40. The first-order valence-electron chi connectivity index (χ1n) is 5.81. The Kier molecular flexibility index (Phi) is 4.26. The second kappa shape index (κ2) is 5.78. The van der Waals surface area contributed by atoms with Gasteiger partial charge >= 0.3 is 6.18 Å². The van der Waals surface area contributed by atoms with Crippen molar-refractivity contribution in [3.8, 4) is 5.82 Å². The maximum atomic E-state index is 12.8. The van der Waals surface area contributed by atoms with Gasteiger partial charge in [0.1, 0.15) is 5.82 Å². The largest absolute Gasteiger partial charge is 0.451 e. The van der Waals surface area contributed by atoms with E-state index in [9.17, 15) is 13.2 Å². The Morgan fingerprint density at radius 1 is 1.35 bits per heavy atom. The molecule has 0 aromatic carbocycles. The fraction of sp³-hybridized carbons (Fsp3) is 0.364. The quantitative estimate of drug-likeness (QED) is 0.920. The lowest BCUT2D eigenvalue weighted by atomic mass is 10.4. The molecule has 20 heavy (non-hydrogen) atoms. The Bertz CT molecular complexity index is 596. The Hall–Kier alpha value is -1.64. The van der Waals surface area contributed by atoms with E-state index in [0.717, 1.165) is 6.42 Å². The van der Waals surface area contributed by atoms with Crippen LogP contribution in [0.3, 0.4) is 0 Å². The molecule has 2 aromatic heterocycles. The summed E-state index contributed by atoms with van der Waals surface area (Å²) in [6.07, 6.45) is -0.850. The molecule has 0 aliphatic carbocycles. The minimum atomic E-state index is -4.61. The van der Waals surface area contributed by atoms with Gasteiger partial charge in [0.25, 0.3) is 0 Å². The van der Waals surface area contributed by atoms with Gasteiger partial charge in [-0.05, 0) is 22.4 Å². The summed E-state index contributed by atoms with van der Waals surface area (Å²) in [7, 11) is 0. The molecular formula is C11H11BrF3N5. The Morgan fingerprint density at radius 3 is 2.65 bits per heavy atom. The van der Waals surface area contributed by atoms with E-state index < -0.39 is 12.0 Å². The van der Waals surface area contributed by atoms with E-state index >= 15 is 0 Å². The first kappa shape index (κ1) is 14.8. The predicted octanol–water partition coefficient (Wildman–Crippen LogP) is 3.27. The van der Waals surface area contributed by atoms with Gasteiger partial charge in [-0.1, -0.05) is 6.92 Å². The molecule has 0 saturated carbocycles. The van der Waals surface area contributed by atoms with Gasteiger partial charge in [0.05, 0.1) is 10.7 Å². The molecule has 0 atom stereocenters. The molecule has 0 radical (unpaired) electrons. The smallest absolute Gasteiger partial charge is 0.370 e. The van der Waals surface area contributed by atoms with E-state index in [2.05, 4.69) is 36.3 Å². The molecule has 0 fully saturated rings. The topological polar surface area (TPSA) is 55.6 Å². The Morgan fingerprint density at radius 2 is 2.10 bits per heavy atom. The van der Waals surface area contributed by atoms with E-state index in [4.69, 9.17) is 0 Å². The summed E-state index contributed by atoms with van der Waals surface area (Å²) in [5, 5.41) is 6.73. The SMILES string of the molecule is CCCNc1cc(-n2cc(Br)cn2)nc(C(F)(F)F)n1. The zero-order chi connectivity index (χ0) is 14.8. The van der Waals surface area contributed by atoms with Crippen LogP contribution in [0.15, 0.2) is 22.9 Å². The second-order valence-corrected chi connectivity index (χ2v) is 4.88. The zero-order valence-electron chi connectivity index (χ0n) is 10.4. The Labute approximate surface area is 121 Å². The van der Waals surface area contributed by atoms with Crippen LogP contribution in [0.5, 0.6) is 0 Å². The monoisotopic (exact) mass is 349 g/mol. The molecule has 0 bridgehead atoms. The lowest BCUT2D eigenvalue weighted by Crippen LogP contribution is -2.15. The third-order valence-corrected chi connectivity index (χ3v) is 2.72. The molecule has 2 heterocycles. The highest BCUT2D eigenvalue weighted by atomic mass is 79.9. The highest BCUT2D eigenvalue weighted by Gasteiger charge is 2.35. The summed E-state index contributed by atoms with van der Waals surface area (Å²) in [5.41, 5.74) is 0. The molecule has 0 aliphatic rings. The van der Waals surface area contributed by atoms with Crippen molar-refractivity contribution in [1.82, 2.24) is 19.7 Å². The molecule has 0 aliphatic heterocycles. The number of rotatable bonds is 4. The normalized spacial score (nSPS) is 11.7. The number of alkyl halides is 3. The van der Waals surface area contributed by atoms with Gasteiger partial charge < -0.3 is 5.32 Å². The third kappa shape index (κ3) is 3.47. The zero-order valence-corrected chi connectivity index (χ0v) is 12.0. The number of aromatic nitrogens is 4. The van der Waals surface area contributed by atoms with Crippen molar-refractivity contribution in [3.63, 3.8) is 0 Å². The van der Waals surface area contributed by atoms with Crippen LogP contribution < -0.4 is 5.32 Å². The van der Waals surface area contributed by atoms with E-state index in [1.807, 2.05) is 6.92 Å². The van der Waals surface area contributed by atoms with Crippen molar-refractivity contribution >= 4 is 21.7 Å². The molecule has 2 rings (SSSR count). The van der Waals surface area contributed by atoms with Crippen molar-refractivity contribution in [2.75, 3.05) is 11.9 Å². The molecule has 0 amide bonds. The van der Waals surface area contributed by atoms with E-state index in [-0.39, 0.29) is 11.6 Å². The standard InChI is InChI=1S/C11H11BrF3N5/c1-2-3-16-8-4-9(20-6-7(12)5-17-20)19-10(18-8)11(13,14)15/h4-6H,2-3H2,1H3,(H,16,18,19). The predicted molar refractivity (Wildman–Crippen MR) is 70.6 cm³/mol. The summed E-state index contributed by atoms with van der Waals surface area (Å²) in [6, 6.07) is 1.42. The van der Waals surface area contributed by atoms with Gasteiger partial charge in [0.15, 0.2) is 5.82 Å². The fourth-order valence-electron chi connectivity index (χ4n) is 1.45. The van der Waals surface area contributed by atoms with Gasteiger partial charge in [0.2, 0.25) is 5.82 Å². The molecule has 2 aromatic rings. The summed E-state index contributed by atoms with van der Waals surface area (Å²) < 4.78 is 40.3. The summed E-state index contributed by atoms with van der Waals surface area (Å²) in [5.74, 6) is -1.02. The van der Waals surface area contributed by atoms with E-state index in [0.29, 0.717) is 11.0 Å². The number of anilines is 1. The highest BCUT2D eigenvalue weighted by Crippen LogP contribution is 2.28. The minimum Gasteiger partial charge on any atom is -0.370 e. The van der Waals surface area contributed by atoms with Crippen LogP contribution in [0.1, 0.15) is 19.2 Å². The van der Waals surface area contributed by atoms with E-state index in [1.54, 1.807) is 0 Å². The van der Waals surface area contributed by atoms with Gasteiger partial charge in [-0.15, -0.1) is 0 Å². The van der Waals surface area contributed by atoms with Crippen LogP contribution in [0, 0.1) is 0 Å². The van der Waals surface area contributed by atoms with Gasteiger partial charge in [-0.2, -0.15) is 18.3 Å². The molecule has 0 saturated heterocycles. The number of hydrogen-bond acceptors (Lipinski definition) is 4. The van der Waals surface area contributed by atoms with Gasteiger partial charge in [-0.3, -0.25) is 0 Å². The molecule has 108 valence electrons.